The highest BCUT2D eigenvalue weighted by Crippen LogP contribution is 2.17. The molecule has 3 N–H and O–H groups in total. The first-order valence-corrected chi connectivity index (χ1v) is 9.11. The molecule has 8 heteroatoms. The molecule has 1 unspecified atom stereocenters. The normalized spacial score (nSPS) is 13.4. The van der Waals surface area contributed by atoms with Gasteiger partial charge in [-0.15, -0.1) is 0 Å². The van der Waals surface area contributed by atoms with E-state index < -0.39 is 27.6 Å². The van der Waals surface area contributed by atoms with Crippen LogP contribution >= 0.6 is 0 Å². The van der Waals surface area contributed by atoms with Crippen molar-refractivity contribution in [1.29, 1.82) is 5.26 Å². The lowest BCUT2D eigenvalue weighted by molar-refractivity contribution is 0.0989. The van der Waals surface area contributed by atoms with Crippen molar-refractivity contribution in [2.45, 2.75) is 20.0 Å². The first kappa shape index (κ1) is 20.1. The number of hydrogen-bond acceptors (Lipinski definition) is 6. The van der Waals surface area contributed by atoms with Gasteiger partial charge in [-0.05, 0) is 37.6 Å². The standard InChI is InChI=1S/C16H23N3O4S/c1-3-19(4-2)14-7-5-13(6-8-14)9-16(10-17)24(22,23)18-11-15(21)12-20/h5-9,15,18,20-21H,3-4,11-12H2,1-2H3/b16-9+. The van der Waals surface area contributed by atoms with Gasteiger partial charge in [-0.2, -0.15) is 5.26 Å². The van der Waals surface area contributed by atoms with Gasteiger partial charge >= 0.3 is 0 Å². The Hall–Kier alpha value is -1.92. The van der Waals surface area contributed by atoms with Gasteiger partial charge in [0.2, 0.25) is 0 Å². The molecule has 1 aromatic carbocycles. The van der Waals surface area contributed by atoms with Crippen molar-refractivity contribution < 1.29 is 18.6 Å². The number of hydrogen-bond donors (Lipinski definition) is 3. The summed E-state index contributed by atoms with van der Waals surface area (Å²) in [6.45, 7) is 4.88. The summed E-state index contributed by atoms with van der Waals surface area (Å²) in [4.78, 5) is 1.69. The monoisotopic (exact) mass is 353 g/mol. The Morgan fingerprint density at radius 2 is 1.92 bits per heavy atom. The van der Waals surface area contributed by atoms with Crippen LogP contribution < -0.4 is 9.62 Å². The van der Waals surface area contributed by atoms with Gasteiger partial charge in [0.25, 0.3) is 10.0 Å². The highest BCUT2D eigenvalue weighted by molar-refractivity contribution is 7.93. The summed E-state index contributed by atoms with van der Waals surface area (Å²) < 4.78 is 26.2. The van der Waals surface area contributed by atoms with Gasteiger partial charge in [0, 0.05) is 25.3 Å². The Bertz CT molecular complexity index is 689. The van der Waals surface area contributed by atoms with Crippen molar-refractivity contribution in [1.82, 2.24) is 4.72 Å². The molecule has 1 atom stereocenters. The number of rotatable bonds is 9. The number of benzene rings is 1. The van der Waals surface area contributed by atoms with Crippen LogP contribution in [0.15, 0.2) is 29.2 Å². The van der Waals surface area contributed by atoms with Crippen molar-refractivity contribution in [2.75, 3.05) is 31.1 Å². The molecule has 132 valence electrons. The van der Waals surface area contributed by atoms with Gasteiger partial charge in [0.1, 0.15) is 6.07 Å². The molecule has 0 bridgehead atoms. The fourth-order valence-electron chi connectivity index (χ4n) is 2.04. The van der Waals surface area contributed by atoms with Gasteiger partial charge in [-0.1, -0.05) is 12.1 Å². The number of aliphatic hydroxyl groups excluding tert-OH is 2. The molecule has 0 saturated carbocycles. The molecular formula is C16H23N3O4S. The molecule has 0 aliphatic carbocycles. The average molecular weight is 353 g/mol. The molecule has 0 spiro atoms. The Morgan fingerprint density at radius 3 is 2.38 bits per heavy atom. The molecule has 0 amide bonds. The molecule has 0 aliphatic heterocycles. The number of nitriles is 1. The zero-order valence-corrected chi connectivity index (χ0v) is 14.6. The first-order valence-electron chi connectivity index (χ1n) is 7.63. The van der Waals surface area contributed by atoms with E-state index >= 15 is 0 Å². The molecule has 0 saturated heterocycles. The van der Waals surface area contributed by atoms with Crippen molar-refractivity contribution in [3.63, 3.8) is 0 Å². The zero-order valence-electron chi connectivity index (χ0n) is 13.8. The van der Waals surface area contributed by atoms with Crippen molar-refractivity contribution in [2.24, 2.45) is 0 Å². The quantitative estimate of drug-likeness (QED) is 0.562. The maximum atomic E-state index is 12.1. The number of nitrogens with one attached hydrogen (secondary N) is 1. The largest absolute Gasteiger partial charge is 0.394 e. The molecule has 0 aromatic heterocycles. The number of anilines is 1. The number of allylic oxidation sites excluding steroid dienone is 1. The third-order valence-electron chi connectivity index (χ3n) is 3.44. The summed E-state index contributed by atoms with van der Waals surface area (Å²) >= 11 is 0. The van der Waals surface area contributed by atoms with Crippen LogP contribution in [-0.4, -0.2) is 51.0 Å². The molecule has 1 aromatic rings. The predicted molar refractivity (Wildman–Crippen MR) is 93.6 cm³/mol. The summed E-state index contributed by atoms with van der Waals surface area (Å²) in [5.74, 6) is 0. The van der Waals surface area contributed by atoms with E-state index in [-0.39, 0.29) is 6.54 Å². The van der Waals surface area contributed by atoms with Crippen LogP contribution in [0, 0.1) is 11.3 Å². The summed E-state index contributed by atoms with van der Waals surface area (Å²) in [5.41, 5.74) is 1.60. The summed E-state index contributed by atoms with van der Waals surface area (Å²) in [6.07, 6.45) is 0.0488. The third kappa shape index (κ3) is 5.62. The van der Waals surface area contributed by atoms with Crippen molar-refractivity contribution >= 4 is 21.8 Å². The van der Waals surface area contributed by atoms with E-state index in [1.807, 2.05) is 26.0 Å². The Kier molecular flexibility index (Phi) is 7.88. The number of nitrogens with zero attached hydrogens (tertiary/aromatic N) is 2. The van der Waals surface area contributed by atoms with E-state index in [2.05, 4.69) is 9.62 Å². The lowest BCUT2D eigenvalue weighted by Crippen LogP contribution is -2.34. The Balaban J connectivity index is 2.98. The molecule has 1 rings (SSSR count). The van der Waals surface area contributed by atoms with Crippen LogP contribution in [0.25, 0.3) is 6.08 Å². The summed E-state index contributed by atoms with van der Waals surface area (Å²) in [7, 11) is -4.04. The zero-order chi connectivity index (χ0) is 18.2. The van der Waals surface area contributed by atoms with Gasteiger partial charge in [0.05, 0.1) is 12.7 Å². The maximum Gasteiger partial charge on any atom is 0.250 e. The minimum absolute atomic E-state index is 0.362. The van der Waals surface area contributed by atoms with Crippen LogP contribution in [-0.2, 0) is 10.0 Å². The highest BCUT2D eigenvalue weighted by atomic mass is 32.2. The number of aliphatic hydroxyl groups is 2. The molecule has 0 radical (unpaired) electrons. The van der Waals surface area contributed by atoms with Gasteiger partial charge in [0.15, 0.2) is 4.91 Å². The molecule has 7 nitrogen and oxygen atoms in total. The lowest BCUT2D eigenvalue weighted by Gasteiger charge is -2.20. The van der Waals surface area contributed by atoms with Crippen LogP contribution in [0.3, 0.4) is 0 Å². The molecule has 0 heterocycles. The lowest BCUT2D eigenvalue weighted by atomic mass is 10.2. The van der Waals surface area contributed by atoms with Gasteiger partial charge in [-0.25, -0.2) is 13.1 Å². The average Bonchev–Trinajstić information content (AvgIpc) is 2.59. The van der Waals surface area contributed by atoms with Crippen LogP contribution in [0.1, 0.15) is 19.4 Å². The van der Waals surface area contributed by atoms with E-state index in [1.165, 1.54) is 6.08 Å². The van der Waals surface area contributed by atoms with Gasteiger partial charge < -0.3 is 15.1 Å². The maximum absolute atomic E-state index is 12.1. The van der Waals surface area contributed by atoms with Gasteiger partial charge in [-0.3, -0.25) is 0 Å². The van der Waals surface area contributed by atoms with Crippen molar-refractivity contribution in [3.8, 4) is 6.07 Å². The fraction of sp³-hybridized carbons (Fsp3) is 0.438. The summed E-state index contributed by atoms with van der Waals surface area (Å²) in [5, 5.41) is 27.0. The fourth-order valence-corrected chi connectivity index (χ4v) is 3.02. The second-order valence-electron chi connectivity index (χ2n) is 5.07. The van der Waals surface area contributed by atoms with E-state index in [0.29, 0.717) is 5.56 Å². The number of sulfonamides is 1. The second kappa shape index (κ2) is 9.39. The van der Waals surface area contributed by atoms with Crippen LogP contribution in [0.5, 0.6) is 0 Å². The van der Waals surface area contributed by atoms with E-state index in [4.69, 9.17) is 10.4 Å². The second-order valence-corrected chi connectivity index (χ2v) is 6.81. The minimum Gasteiger partial charge on any atom is -0.394 e. The van der Waals surface area contributed by atoms with E-state index in [0.717, 1.165) is 18.8 Å². The third-order valence-corrected chi connectivity index (χ3v) is 4.77. The van der Waals surface area contributed by atoms with Crippen LogP contribution in [0.4, 0.5) is 5.69 Å². The Morgan fingerprint density at radius 1 is 1.33 bits per heavy atom. The van der Waals surface area contributed by atoms with E-state index in [1.54, 1.807) is 18.2 Å². The molecular weight excluding hydrogens is 330 g/mol. The molecule has 0 fully saturated rings. The van der Waals surface area contributed by atoms with E-state index in [9.17, 15) is 13.5 Å². The highest BCUT2D eigenvalue weighted by Gasteiger charge is 2.18. The van der Waals surface area contributed by atoms with Crippen molar-refractivity contribution in [3.05, 3.63) is 34.7 Å². The molecule has 24 heavy (non-hydrogen) atoms. The Labute approximate surface area is 142 Å². The predicted octanol–water partition coefficient (Wildman–Crippen LogP) is 0.670. The van der Waals surface area contributed by atoms with Crippen LogP contribution in [0.2, 0.25) is 0 Å². The smallest absolute Gasteiger partial charge is 0.250 e. The minimum atomic E-state index is -4.04. The first-order chi connectivity index (χ1) is 11.4. The topological polar surface area (TPSA) is 114 Å². The SMILES string of the molecule is CCN(CC)c1ccc(/C=C(\C#N)S(=O)(=O)NCC(O)CO)cc1. The molecule has 0 aliphatic rings. The summed E-state index contributed by atoms with van der Waals surface area (Å²) in [6, 6.07) is 8.86.